The van der Waals surface area contributed by atoms with Gasteiger partial charge in [0.15, 0.2) is 0 Å². The highest BCUT2D eigenvalue weighted by atomic mass is 16.5. The average Bonchev–Trinajstić information content (AvgIpc) is 1.22. The van der Waals surface area contributed by atoms with Crippen LogP contribution in [0.25, 0.3) is 128 Å². The van der Waals surface area contributed by atoms with Crippen LogP contribution in [-0.2, 0) is 0 Å². The third kappa shape index (κ3) is 9.63. The maximum atomic E-state index is 10.3. The molecular weight excluding hydrogens is 1030 g/mol. The summed E-state index contributed by atoms with van der Waals surface area (Å²) in [5.74, 6) is 1.46. The van der Waals surface area contributed by atoms with Crippen LogP contribution in [0, 0.1) is 20.1 Å². The lowest BCUT2D eigenvalue weighted by molar-refractivity contribution is -0.571. The number of fused-ring (bicyclic) bond motifs is 4. The quantitative estimate of drug-likeness (QED) is 0.0903. The Hall–Kier alpha value is -11.1. The fourth-order valence-electron chi connectivity index (χ4n) is 11.4. The van der Waals surface area contributed by atoms with Crippen molar-refractivity contribution >= 4 is 32.8 Å². The van der Waals surface area contributed by atoms with Crippen LogP contribution >= 0.6 is 0 Å². The maximum absolute atomic E-state index is 10.3. The number of benzene rings is 12. The molecule has 0 N–H and O–H groups in total. The number of hydrogen-bond donors (Lipinski definition) is 0. The molecule has 0 bridgehead atoms. The molecular formula is C80H56N4O. The molecule has 5 heteroatoms. The molecule has 0 spiro atoms. The minimum Gasteiger partial charge on any atom is -0.458 e. The minimum absolute atomic E-state index is 0.0346. The van der Waals surface area contributed by atoms with Gasteiger partial charge in [-0.1, -0.05) is 206 Å². The highest BCUT2D eigenvalue weighted by molar-refractivity contribution is 6.11. The SMILES string of the molecule is [2H]c1c(-c2ccccc2)c([2H])c(-c2cccc(-c3c([2H])c(-c4ccccc4)c([2H])c(-c4ccccc4)c3[2H])c2-[n+]2[c-]n(-c3cccc(Oc4ccc5c6cc(-c7ccccc7)ccc6n(-c6cc(C([2H])([2H])[2H])c(C)cn6)c5c4)c3)c3ccccc32)c([2H])c1-c1ccccc1. The number of nitrogens with zero attached hydrogens (tertiary/aromatic N) is 4. The fourth-order valence-corrected chi connectivity index (χ4v) is 11.4. The molecule has 3 aromatic heterocycles. The van der Waals surface area contributed by atoms with E-state index >= 15 is 0 Å². The zero-order chi connectivity index (χ0) is 64.5. The van der Waals surface area contributed by atoms with Crippen molar-refractivity contribution in [3.05, 3.63) is 321 Å². The summed E-state index contributed by atoms with van der Waals surface area (Å²) in [5, 5.41) is 1.87. The third-order valence-corrected chi connectivity index (χ3v) is 15.6. The number of aryl methyl sites for hydroxylation is 2. The lowest BCUT2D eigenvalue weighted by atomic mass is 9.89. The summed E-state index contributed by atoms with van der Waals surface area (Å²) in [5.41, 5.74) is 12.1. The molecule has 3 heterocycles. The van der Waals surface area contributed by atoms with Gasteiger partial charge in [0.25, 0.3) is 6.33 Å². The summed E-state index contributed by atoms with van der Waals surface area (Å²) < 4.78 is 98.9. The number of hydrogen-bond acceptors (Lipinski definition) is 2. The van der Waals surface area contributed by atoms with E-state index in [0.717, 1.165) is 32.9 Å². The molecule has 15 rings (SSSR count). The monoisotopic (exact) mass is 1100 g/mol. The van der Waals surface area contributed by atoms with Crippen molar-refractivity contribution in [2.75, 3.05) is 0 Å². The van der Waals surface area contributed by atoms with Crippen molar-refractivity contribution in [3.8, 4) is 107 Å². The van der Waals surface area contributed by atoms with E-state index in [0.29, 0.717) is 101 Å². The van der Waals surface area contributed by atoms with Crippen LogP contribution in [0.3, 0.4) is 0 Å². The van der Waals surface area contributed by atoms with E-state index in [9.17, 15) is 8.22 Å². The Bertz CT molecular complexity index is 5170. The first kappa shape index (κ1) is 41.8. The van der Waals surface area contributed by atoms with E-state index in [1.807, 2.05) is 244 Å². The largest absolute Gasteiger partial charge is 0.458 e. The fraction of sp³-hybridized carbons (Fsp3) is 0.0250. The molecule has 0 aliphatic rings. The van der Waals surface area contributed by atoms with Gasteiger partial charge in [-0.3, -0.25) is 13.7 Å². The molecule has 0 aliphatic heterocycles. The zero-order valence-corrected chi connectivity index (χ0v) is 46.1. The van der Waals surface area contributed by atoms with Gasteiger partial charge in [-0.05, 0) is 188 Å². The van der Waals surface area contributed by atoms with Gasteiger partial charge in [0.2, 0.25) is 0 Å². The molecule has 402 valence electrons. The number of para-hydroxylation sites is 3. The van der Waals surface area contributed by atoms with Crippen LogP contribution in [-0.4, -0.2) is 14.1 Å². The van der Waals surface area contributed by atoms with Crippen molar-refractivity contribution in [2.24, 2.45) is 0 Å². The van der Waals surface area contributed by atoms with Crippen LogP contribution in [0.1, 0.15) is 23.5 Å². The Kier molecular flexibility index (Phi) is 10.6. The number of ether oxygens (including phenoxy) is 1. The lowest BCUT2D eigenvalue weighted by Gasteiger charge is -2.20. The molecule has 0 fully saturated rings. The number of pyridine rings is 1. The Balaban J connectivity index is 0.949. The molecule has 5 nitrogen and oxygen atoms in total. The average molecular weight is 1100 g/mol. The first-order valence-electron chi connectivity index (χ1n) is 32.7. The summed E-state index contributed by atoms with van der Waals surface area (Å²) >= 11 is 0. The van der Waals surface area contributed by atoms with E-state index in [-0.39, 0.29) is 52.9 Å². The van der Waals surface area contributed by atoms with Gasteiger partial charge in [-0.25, -0.2) is 4.98 Å². The van der Waals surface area contributed by atoms with Crippen LogP contribution in [0.15, 0.2) is 303 Å². The van der Waals surface area contributed by atoms with Crippen molar-refractivity contribution in [1.29, 1.82) is 0 Å². The molecule has 0 aliphatic carbocycles. The highest BCUT2D eigenvalue weighted by Crippen LogP contribution is 2.42. The first-order valence-corrected chi connectivity index (χ1v) is 28.2. The van der Waals surface area contributed by atoms with Crippen LogP contribution in [0.2, 0.25) is 0 Å². The number of rotatable bonds is 12. The number of imidazole rings is 1. The van der Waals surface area contributed by atoms with Crippen LogP contribution < -0.4 is 9.30 Å². The smallest absolute Gasteiger partial charge is 0.269 e. The predicted molar refractivity (Wildman–Crippen MR) is 350 cm³/mol. The molecule has 0 atom stereocenters. The predicted octanol–water partition coefficient (Wildman–Crippen LogP) is 20.3. The van der Waals surface area contributed by atoms with Crippen molar-refractivity contribution in [2.45, 2.75) is 13.8 Å². The zero-order valence-electron chi connectivity index (χ0n) is 55.1. The van der Waals surface area contributed by atoms with Gasteiger partial charge in [0, 0.05) is 27.1 Å². The Labute approximate surface area is 507 Å². The van der Waals surface area contributed by atoms with Gasteiger partial charge < -0.3 is 4.74 Å². The standard InChI is InChI=1S/C80H56N4O/c1-54-42-79(81-52-55(54)2)84-75-41-38-61(56-22-8-3-9-23-56)49-74(75)73-40-39-70(51-78(73)84)85-69-33-20-32-68(50-69)82-53-83(77-37-19-18-36-76(77)82)80-71(66-45-62(57-24-10-4-11-25-57)43-63(46-66)58-26-12-5-13-27-58)34-21-35-72(80)67-47-64(59-28-14-6-15-29-59)44-65(48-67)60-30-16-7-17-31-60/h3-52H,1-2H3/i1D3,43D,44D,45D,46D,47D,48D. The lowest BCUT2D eigenvalue weighted by Crippen LogP contribution is -2.31. The van der Waals surface area contributed by atoms with Crippen LogP contribution in [0.5, 0.6) is 11.5 Å². The van der Waals surface area contributed by atoms with E-state index in [1.165, 1.54) is 0 Å². The molecule has 0 saturated heterocycles. The van der Waals surface area contributed by atoms with Crippen molar-refractivity contribution < 1.29 is 21.6 Å². The van der Waals surface area contributed by atoms with Gasteiger partial charge in [0.1, 0.15) is 17.3 Å². The second-order valence-corrected chi connectivity index (χ2v) is 21.0. The van der Waals surface area contributed by atoms with E-state index in [4.69, 9.17) is 13.8 Å². The highest BCUT2D eigenvalue weighted by Gasteiger charge is 2.23. The molecule has 0 radical (unpaired) electrons. The topological polar surface area (TPSA) is 35.9 Å². The summed E-state index contributed by atoms with van der Waals surface area (Å²) in [6.45, 7) is -0.612. The van der Waals surface area contributed by atoms with Crippen molar-refractivity contribution in [3.63, 3.8) is 0 Å². The van der Waals surface area contributed by atoms with E-state index < -0.39 is 6.85 Å². The van der Waals surface area contributed by atoms with E-state index in [1.54, 1.807) is 19.2 Å². The Morgan fingerprint density at radius 3 is 1.47 bits per heavy atom. The summed E-state index contributed by atoms with van der Waals surface area (Å²) in [6, 6.07) is 82.4. The van der Waals surface area contributed by atoms with Gasteiger partial charge in [0.05, 0.1) is 41.7 Å². The van der Waals surface area contributed by atoms with Gasteiger partial charge >= 0.3 is 0 Å². The second kappa shape index (κ2) is 21.6. The second-order valence-electron chi connectivity index (χ2n) is 21.0. The first-order chi connectivity index (χ1) is 45.7. The molecule has 0 unspecified atom stereocenters. The van der Waals surface area contributed by atoms with Gasteiger partial charge in [-0.2, -0.15) is 0 Å². The van der Waals surface area contributed by atoms with Crippen molar-refractivity contribution in [1.82, 2.24) is 14.1 Å². The summed E-state index contributed by atoms with van der Waals surface area (Å²) in [6.07, 6.45) is 5.34. The Morgan fingerprint density at radius 2 is 0.906 bits per heavy atom. The summed E-state index contributed by atoms with van der Waals surface area (Å²) in [7, 11) is 0. The number of aromatic nitrogens is 4. The third-order valence-electron chi connectivity index (χ3n) is 15.6. The van der Waals surface area contributed by atoms with Gasteiger partial charge in [-0.15, -0.1) is 0 Å². The normalized spacial score (nSPS) is 13.1. The molecule has 0 saturated carbocycles. The van der Waals surface area contributed by atoms with E-state index in [2.05, 4.69) is 30.6 Å². The Morgan fingerprint density at radius 1 is 0.400 bits per heavy atom. The molecule has 12 aromatic carbocycles. The maximum Gasteiger partial charge on any atom is 0.269 e. The van der Waals surface area contributed by atoms with Crippen LogP contribution in [0.4, 0.5) is 0 Å². The minimum atomic E-state index is -2.37. The molecule has 15 aromatic rings. The molecule has 0 amide bonds. The molecule has 85 heavy (non-hydrogen) atoms. The summed E-state index contributed by atoms with van der Waals surface area (Å²) in [4.78, 5) is 4.83.